The molecule has 2 heterocycles. The number of likely N-dealkylation sites (N-methyl/N-ethyl adjacent to an activating group) is 1. The van der Waals surface area contributed by atoms with Crippen molar-refractivity contribution in [2.24, 2.45) is 5.92 Å². The Bertz CT molecular complexity index is 813. The largest absolute Gasteiger partial charge is 0.508 e. The fourth-order valence-corrected chi connectivity index (χ4v) is 5.79. The highest BCUT2D eigenvalue weighted by Gasteiger charge is 2.49. The molecule has 0 radical (unpaired) electrons. The SMILES string of the molecule is CN1CC[C@@]2(C)c3cc(O)ccc3C[C@@H]1[C@@H]2NCC1CCN(C(=O)OC(C)(C)C)CC1. The maximum atomic E-state index is 12.3. The van der Waals surface area contributed by atoms with Crippen LogP contribution in [0.2, 0.25) is 0 Å². The average molecular weight is 430 g/mol. The van der Waals surface area contributed by atoms with Gasteiger partial charge in [0, 0.05) is 30.6 Å². The Hall–Kier alpha value is -1.79. The van der Waals surface area contributed by atoms with Crippen molar-refractivity contribution in [1.29, 1.82) is 0 Å². The number of piperidine rings is 2. The highest BCUT2D eigenvalue weighted by atomic mass is 16.6. The van der Waals surface area contributed by atoms with Gasteiger partial charge in [0.1, 0.15) is 11.4 Å². The van der Waals surface area contributed by atoms with Crippen molar-refractivity contribution < 1.29 is 14.6 Å². The summed E-state index contributed by atoms with van der Waals surface area (Å²) >= 11 is 0. The fraction of sp³-hybridized carbons (Fsp3) is 0.720. The molecule has 31 heavy (non-hydrogen) atoms. The van der Waals surface area contributed by atoms with E-state index in [-0.39, 0.29) is 11.5 Å². The molecule has 2 saturated heterocycles. The highest BCUT2D eigenvalue weighted by molar-refractivity contribution is 5.68. The number of nitrogens with zero attached hydrogens (tertiary/aromatic N) is 2. The summed E-state index contributed by atoms with van der Waals surface area (Å²) in [6.45, 7) is 11.7. The van der Waals surface area contributed by atoms with E-state index in [1.54, 1.807) is 0 Å². The Morgan fingerprint density at radius 2 is 1.97 bits per heavy atom. The molecule has 2 bridgehead atoms. The van der Waals surface area contributed by atoms with Gasteiger partial charge >= 0.3 is 6.09 Å². The molecule has 2 N–H and O–H groups in total. The normalized spacial score (nSPS) is 29.5. The number of fused-ring (bicyclic) bond motifs is 4. The molecule has 172 valence electrons. The Morgan fingerprint density at radius 3 is 2.65 bits per heavy atom. The minimum absolute atomic E-state index is 0.0285. The maximum Gasteiger partial charge on any atom is 0.410 e. The molecule has 2 fully saturated rings. The van der Waals surface area contributed by atoms with Crippen LogP contribution < -0.4 is 5.32 Å². The number of nitrogens with one attached hydrogen (secondary N) is 1. The number of phenolic OH excluding ortho intramolecular Hbond substituents is 1. The number of benzene rings is 1. The lowest BCUT2D eigenvalue weighted by Gasteiger charge is -2.55. The summed E-state index contributed by atoms with van der Waals surface area (Å²) in [6.07, 6.45) is 3.94. The van der Waals surface area contributed by atoms with Crippen LogP contribution in [0.3, 0.4) is 0 Å². The fourth-order valence-electron chi connectivity index (χ4n) is 5.79. The summed E-state index contributed by atoms with van der Waals surface area (Å²) in [4.78, 5) is 16.7. The molecule has 3 aliphatic rings. The third-order valence-electron chi connectivity index (χ3n) is 7.65. The van der Waals surface area contributed by atoms with Gasteiger partial charge in [0.2, 0.25) is 0 Å². The van der Waals surface area contributed by atoms with Gasteiger partial charge in [-0.2, -0.15) is 0 Å². The van der Waals surface area contributed by atoms with Crippen LogP contribution in [0.4, 0.5) is 4.79 Å². The molecular weight excluding hydrogens is 390 g/mol. The van der Waals surface area contributed by atoms with Crippen LogP contribution in [0.5, 0.6) is 5.75 Å². The van der Waals surface area contributed by atoms with E-state index in [2.05, 4.69) is 30.3 Å². The molecule has 3 atom stereocenters. The summed E-state index contributed by atoms with van der Waals surface area (Å²) < 4.78 is 5.53. The van der Waals surface area contributed by atoms with Gasteiger partial charge in [-0.25, -0.2) is 4.79 Å². The molecule has 2 aliphatic heterocycles. The Morgan fingerprint density at radius 1 is 1.26 bits per heavy atom. The van der Waals surface area contributed by atoms with Crippen LogP contribution in [0.15, 0.2) is 18.2 Å². The van der Waals surface area contributed by atoms with E-state index in [0.717, 1.165) is 51.9 Å². The molecule has 0 saturated carbocycles. The zero-order chi connectivity index (χ0) is 22.4. The van der Waals surface area contributed by atoms with Gasteiger partial charge in [0.15, 0.2) is 0 Å². The lowest BCUT2D eigenvalue weighted by atomic mass is 9.61. The maximum absolute atomic E-state index is 12.3. The molecule has 6 nitrogen and oxygen atoms in total. The number of likely N-dealkylation sites (tertiary alicyclic amines) is 2. The zero-order valence-corrected chi connectivity index (χ0v) is 19.8. The van der Waals surface area contributed by atoms with E-state index in [1.807, 2.05) is 37.8 Å². The number of hydrogen-bond donors (Lipinski definition) is 2. The van der Waals surface area contributed by atoms with Gasteiger partial charge in [-0.15, -0.1) is 0 Å². The molecule has 1 amide bonds. The molecule has 0 unspecified atom stereocenters. The first kappa shape index (κ1) is 22.4. The first-order chi connectivity index (χ1) is 14.6. The van der Waals surface area contributed by atoms with E-state index in [1.165, 1.54) is 11.1 Å². The van der Waals surface area contributed by atoms with Gasteiger partial charge in [-0.05, 0) is 95.8 Å². The average Bonchev–Trinajstić information content (AvgIpc) is 2.70. The highest BCUT2D eigenvalue weighted by Crippen LogP contribution is 2.45. The quantitative estimate of drug-likeness (QED) is 0.770. The van der Waals surface area contributed by atoms with Crippen molar-refractivity contribution in [1.82, 2.24) is 15.1 Å². The number of phenols is 1. The number of hydrogen-bond acceptors (Lipinski definition) is 5. The lowest BCUT2D eigenvalue weighted by Crippen LogP contribution is -2.66. The van der Waals surface area contributed by atoms with Crippen molar-refractivity contribution in [3.05, 3.63) is 29.3 Å². The summed E-state index contributed by atoms with van der Waals surface area (Å²) in [7, 11) is 2.24. The molecule has 1 aromatic rings. The number of carbonyl (C=O) groups excluding carboxylic acids is 1. The monoisotopic (exact) mass is 429 g/mol. The lowest BCUT2D eigenvalue weighted by molar-refractivity contribution is 0.0174. The first-order valence-electron chi connectivity index (χ1n) is 11.8. The summed E-state index contributed by atoms with van der Waals surface area (Å²) in [5, 5.41) is 14.1. The summed E-state index contributed by atoms with van der Waals surface area (Å²) in [5.74, 6) is 0.935. The van der Waals surface area contributed by atoms with Gasteiger partial charge in [-0.3, -0.25) is 0 Å². The van der Waals surface area contributed by atoms with E-state index in [0.29, 0.717) is 23.8 Å². The van der Waals surface area contributed by atoms with E-state index >= 15 is 0 Å². The van der Waals surface area contributed by atoms with Gasteiger partial charge in [-0.1, -0.05) is 13.0 Å². The second-order valence-electron chi connectivity index (χ2n) is 11.1. The topological polar surface area (TPSA) is 65.0 Å². The number of ether oxygens (including phenoxy) is 1. The van der Waals surface area contributed by atoms with Gasteiger partial charge in [0.25, 0.3) is 0 Å². The van der Waals surface area contributed by atoms with Crippen LogP contribution >= 0.6 is 0 Å². The van der Waals surface area contributed by atoms with Crippen LogP contribution in [-0.4, -0.2) is 71.9 Å². The van der Waals surface area contributed by atoms with Crippen molar-refractivity contribution in [2.75, 3.05) is 33.2 Å². The second kappa shape index (κ2) is 8.28. The Labute approximate surface area is 186 Å². The van der Waals surface area contributed by atoms with Crippen molar-refractivity contribution in [3.63, 3.8) is 0 Å². The molecule has 1 aliphatic carbocycles. The third-order valence-corrected chi connectivity index (χ3v) is 7.65. The molecule has 0 spiro atoms. The van der Waals surface area contributed by atoms with Crippen LogP contribution in [-0.2, 0) is 16.6 Å². The molecular formula is C25H39N3O3. The minimum Gasteiger partial charge on any atom is -0.508 e. The summed E-state index contributed by atoms with van der Waals surface area (Å²) in [5.41, 5.74) is 2.27. The third kappa shape index (κ3) is 4.56. The van der Waals surface area contributed by atoms with Crippen molar-refractivity contribution in [2.45, 2.75) is 76.5 Å². The van der Waals surface area contributed by atoms with Gasteiger partial charge in [0.05, 0.1) is 0 Å². The number of aromatic hydroxyl groups is 1. The van der Waals surface area contributed by atoms with E-state index < -0.39 is 5.60 Å². The van der Waals surface area contributed by atoms with Crippen LogP contribution in [0.25, 0.3) is 0 Å². The molecule has 1 aromatic carbocycles. The first-order valence-corrected chi connectivity index (χ1v) is 11.8. The van der Waals surface area contributed by atoms with Crippen LogP contribution in [0, 0.1) is 5.92 Å². The molecule has 6 heteroatoms. The molecule has 0 aromatic heterocycles. The predicted molar refractivity (Wildman–Crippen MR) is 123 cm³/mol. The minimum atomic E-state index is -0.444. The van der Waals surface area contributed by atoms with Crippen molar-refractivity contribution >= 4 is 6.09 Å². The number of carbonyl (C=O) groups is 1. The summed E-state index contributed by atoms with van der Waals surface area (Å²) in [6, 6.07) is 6.76. The van der Waals surface area contributed by atoms with Gasteiger partial charge < -0.3 is 25.0 Å². The van der Waals surface area contributed by atoms with E-state index in [9.17, 15) is 9.90 Å². The second-order valence-corrected chi connectivity index (χ2v) is 11.1. The standard InChI is InChI=1S/C25H39N3O3/c1-24(2,3)31-23(30)28-11-8-17(9-12-28)16-26-22-21-14-18-6-7-19(29)15-20(18)25(22,4)10-13-27(21)5/h6-7,15,17,21-22,26,29H,8-14,16H2,1-5H3/t21-,22+,25+/m1/s1. The van der Waals surface area contributed by atoms with Crippen LogP contribution in [0.1, 0.15) is 58.1 Å². The van der Waals surface area contributed by atoms with E-state index in [4.69, 9.17) is 4.74 Å². The Balaban J connectivity index is 1.39. The molecule has 4 rings (SSSR count). The van der Waals surface area contributed by atoms with Crippen molar-refractivity contribution in [3.8, 4) is 5.75 Å². The number of rotatable bonds is 3. The smallest absolute Gasteiger partial charge is 0.410 e. The zero-order valence-electron chi connectivity index (χ0n) is 19.8. The number of amides is 1. The predicted octanol–water partition coefficient (Wildman–Crippen LogP) is 3.52. The Kier molecular flexibility index (Phi) is 5.99.